The van der Waals surface area contributed by atoms with Gasteiger partial charge in [0, 0.05) is 28.4 Å². The Bertz CT molecular complexity index is 638. The molecule has 0 fully saturated rings. The highest BCUT2D eigenvalue weighted by Gasteiger charge is 2.19. The maximum Gasteiger partial charge on any atom is 0.161 e. The van der Waals surface area contributed by atoms with Crippen molar-refractivity contribution in [3.8, 4) is 11.4 Å². The van der Waals surface area contributed by atoms with E-state index in [2.05, 4.69) is 15.3 Å². The predicted molar refractivity (Wildman–Crippen MR) is 78.6 cm³/mol. The van der Waals surface area contributed by atoms with Gasteiger partial charge in [0.2, 0.25) is 0 Å². The molecule has 1 N–H and O–H groups in total. The Hall–Kier alpha value is -1.68. The molecular weight excluding hydrogens is 277 g/mol. The first-order valence-electron chi connectivity index (χ1n) is 6.77. The van der Waals surface area contributed by atoms with E-state index in [1.54, 1.807) is 6.07 Å². The Balaban J connectivity index is 2.12. The third-order valence-corrected chi connectivity index (χ3v) is 3.62. The zero-order valence-electron chi connectivity index (χ0n) is 11.2. The molecule has 104 valence electrons. The molecule has 0 radical (unpaired) electrons. The molecule has 1 aromatic carbocycles. The molecule has 0 amide bonds. The molecule has 0 unspecified atom stereocenters. The molecule has 2 aromatic rings. The molecule has 0 saturated carbocycles. The lowest BCUT2D eigenvalue weighted by Gasteiger charge is -2.11. The van der Waals surface area contributed by atoms with Crippen molar-refractivity contribution in [1.29, 1.82) is 0 Å². The second kappa shape index (κ2) is 5.37. The molecule has 0 atom stereocenters. The monoisotopic (exact) mass is 291 g/mol. The van der Waals surface area contributed by atoms with Crippen LogP contribution in [0.5, 0.6) is 0 Å². The lowest BCUT2D eigenvalue weighted by Crippen LogP contribution is -2.06. The second-order valence-corrected chi connectivity index (χ2v) is 5.30. The Morgan fingerprint density at radius 2 is 2.10 bits per heavy atom. The van der Waals surface area contributed by atoms with E-state index in [0.717, 1.165) is 37.3 Å². The fourth-order valence-electron chi connectivity index (χ4n) is 2.56. The van der Waals surface area contributed by atoms with E-state index in [0.29, 0.717) is 16.4 Å². The Labute approximate surface area is 122 Å². The van der Waals surface area contributed by atoms with Crippen LogP contribution in [-0.4, -0.2) is 16.5 Å². The van der Waals surface area contributed by atoms with E-state index >= 15 is 0 Å². The molecule has 1 aliphatic carbocycles. The highest BCUT2D eigenvalue weighted by atomic mass is 35.5. The number of benzene rings is 1. The minimum absolute atomic E-state index is 0.356. The van der Waals surface area contributed by atoms with Gasteiger partial charge in [-0.15, -0.1) is 0 Å². The van der Waals surface area contributed by atoms with Crippen molar-refractivity contribution in [1.82, 2.24) is 9.97 Å². The first kappa shape index (κ1) is 13.3. The van der Waals surface area contributed by atoms with Gasteiger partial charge >= 0.3 is 0 Å². The normalized spacial score (nSPS) is 13.3. The molecule has 0 bridgehead atoms. The summed E-state index contributed by atoms with van der Waals surface area (Å²) in [6.07, 6.45) is 3.05. The van der Waals surface area contributed by atoms with Crippen LogP contribution in [0.4, 0.5) is 10.2 Å². The van der Waals surface area contributed by atoms with Crippen LogP contribution in [0.25, 0.3) is 11.4 Å². The first-order valence-corrected chi connectivity index (χ1v) is 7.15. The van der Waals surface area contributed by atoms with Crippen LogP contribution in [0.15, 0.2) is 18.2 Å². The molecule has 0 saturated heterocycles. The number of hydrogen-bond acceptors (Lipinski definition) is 3. The molecule has 3 nitrogen and oxygen atoms in total. The molecule has 0 aliphatic heterocycles. The van der Waals surface area contributed by atoms with E-state index < -0.39 is 0 Å². The van der Waals surface area contributed by atoms with Crippen molar-refractivity contribution in [2.75, 3.05) is 11.9 Å². The van der Waals surface area contributed by atoms with E-state index in [-0.39, 0.29) is 5.82 Å². The van der Waals surface area contributed by atoms with Gasteiger partial charge in [0.05, 0.1) is 0 Å². The fraction of sp³-hybridized carbons (Fsp3) is 0.333. The van der Waals surface area contributed by atoms with E-state index in [1.165, 1.54) is 17.7 Å². The number of hydrogen-bond donors (Lipinski definition) is 1. The van der Waals surface area contributed by atoms with Crippen LogP contribution in [0.2, 0.25) is 5.02 Å². The lowest BCUT2D eigenvalue weighted by atomic mass is 10.1. The van der Waals surface area contributed by atoms with Gasteiger partial charge in [-0.2, -0.15) is 0 Å². The topological polar surface area (TPSA) is 37.8 Å². The highest BCUT2D eigenvalue weighted by Crippen LogP contribution is 2.30. The zero-order chi connectivity index (χ0) is 14.1. The van der Waals surface area contributed by atoms with Crippen molar-refractivity contribution in [2.45, 2.75) is 26.2 Å². The Morgan fingerprint density at radius 1 is 1.25 bits per heavy atom. The van der Waals surface area contributed by atoms with Crippen LogP contribution >= 0.6 is 11.6 Å². The first-order chi connectivity index (χ1) is 9.67. The molecule has 20 heavy (non-hydrogen) atoms. The van der Waals surface area contributed by atoms with Gasteiger partial charge in [-0.05, 0) is 44.4 Å². The number of fused-ring (bicyclic) bond motifs is 1. The highest BCUT2D eigenvalue weighted by molar-refractivity contribution is 6.30. The lowest BCUT2D eigenvalue weighted by molar-refractivity contribution is 0.628. The van der Waals surface area contributed by atoms with Crippen LogP contribution in [0.3, 0.4) is 0 Å². The SMILES string of the molecule is CCNc1nc(-c2cc(F)cc(Cl)c2)nc2c1CCC2. The number of nitrogens with one attached hydrogen (secondary N) is 1. The fourth-order valence-corrected chi connectivity index (χ4v) is 2.78. The summed E-state index contributed by atoms with van der Waals surface area (Å²) in [5.74, 6) is 1.02. The number of anilines is 1. The zero-order valence-corrected chi connectivity index (χ0v) is 12.0. The maximum absolute atomic E-state index is 13.5. The van der Waals surface area contributed by atoms with Gasteiger partial charge in [0.25, 0.3) is 0 Å². The molecule has 5 heteroatoms. The van der Waals surface area contributed by atoms with Crippen LogP contribution in [0, 0.1) is 5.82 Å². The molecule has 1 aromatic heterocycles. The van der Waals surface area contributed by atoms with E-state index in [4.69, 9.17) is 11.6 Å². The number of aromatic nitrogens is 2. The third-order valence-electron chi connectivity index (χ3n) is 3.40. The standard InChI is InChI=1S/C15H15ClFN3/c1-2-18-15-12-4-3-5-13(12)19-14(20-15)9-6-10(16)8-11(17)7-9/h6-8H,2-5H2,1H3,(H,18,19,20). The molecule has 0 spiro atoms. The van der Waals surface area contributed by atoms with Crippen molar-refractivity contribution in [2.24, 2.45) is 0 Å². The summed E-state index contributed by atoms with van der Waals surface area (Å²) in [5, 5.41) is 3.63. The smallest absolute Gasteiger partial charge is 0.161 e. The third kappa shape index (κ3) is 2.48. The van der Waals surface area contributed by atoms with Crippen molar-refractivity contribution >= 4 is 17.4 Å². The van der Waals surface area contributed by atoms with Crippen molar-refractivity contribution < 1.29 is 4.39 Å². The minimum atomic E-state index is -0.374. The number of aryl methyl sites for hydroxylation is 1. The van der Waals surface area contributed by atoms with Crippen molar-refractivity contribution in [3.63, 3.8) is 0 Å². The largest absolute Gasteiger partial charge is 0.370 e. The summed E-state index contributed by atoms with van der Waals surface area (Å²) < 4.78 is 13.5. The van der Waals surface area contributed by atoms with Gasteiger partial charge < -0.3 is 5.32 Å². The van der Waals surface area contributed by atoms with E-state index in [1.807, 2.05) is 6.92 Å². The summed E-state index contributed by atoms with van der Waals surface area (Å²) >= 11 is 5.91. The molecular formula is C15H15ClFN3. The summed E-state index contributed by atoms with van der Waals surface area (Å²) in [6, 6.07) is 4.39. The number of nitrogens with zero attached hydrogens (tertiary/aromatic N) is 2. The molecule has 1 aliphatic rings. The average molecular weight is 292 g/mol. The molecule has 3 rings (SSSR count). The van der Waals surface area contributed by atoms with Gasteiger partial charge in [0.1, 0.15) is 11.6 Å². The summed E-state index contributed by atoms with van der Waals surface area (Å²) in [4.78, 5) is 9.11. The summed E-state index contributed by atoms with van der Waals surface area (Å²) in [7, 11) is 0. The van der Waals surface area contributed by atoms with Crippen molar-refractivity contribution in [3.05, 3.63) is 40.3 Å². The van der Waals surface area contributed by atoms with Crippen LogP contribution < -0.4 is 5.32 Å². The predicted octanol–water partition coefficient (Wildman–Crippen LogP) is 3.86. The van der Waals surface area contributed by atoms with Gasteiger partial charge in [-0.1, -0.05) is 11.6 Å². The minimum Gasteiger partial charge on any atom is -0.370 e. The van der Waals surface area contributed by atoms with Crippen LogP contribution in [0.1, 0.15) is 24.6 Å². The number of halogens is 2. The van der Waals surface area contributed by atoms with Gasteiger partial charge in [-0.25, -0.2) is 14.4 Å². The second-order valence-electron chi connectivity index (χ2n) is 4.86. The van der Waals surface area contributed by atoms with Gasteiger partial charge in [-0.3, -0.25) is 0 Å². The molecule has 1 heterocycles. The van der Waals surface area contributed by atoms with E-state index in [9.17, 15) is 4.39 Å². The quantitative estimate of drug-likeness (QED) is 0.933. The van der Waals surface area contributed by atoms with Gasteiger partial charge in [0.15, 0.2) is 5.82 Å². The summed E-state index contributed by atoms with van der Waals surface area (Å²) in [6.45, 7) is 2.83. The number of rotatable bonds is 3. The Kier molecular flexibility index (Phi) is 3.57. The maximum atomic E-state index is 13.5. The van der Waals surface area contributed by atoms with Crippen LogP contribution in [-0.2, 0) is 12.8 Å². The summed E-state index contributed by atoms with van der Waals surface area (Å²) in [5.41, 5.74) is 2.87. The average Bonchev–Trinajstić information content (AvgIpc) is 2.86. The Morgan fingerprint density at radius 3 is 2.85 bits per heavy atom.